The Bertz CT molecular complexity index is 365. The molecule has 0 aliphatic carbocycles. The summed E-state index contributed by atoms with van der Waals surface area (Å²) in [5.74, 6) is 0.648. The van der Waals surface area contributed by atoms with Crippen LogP contribution in [0.3, 0.4) is 0 Å². The Morgan fingerprint density at radius 3 is 2.63 bits per heavy atom. The fourth-order valence-electron chi connectivity index (χ4n) is 1.50. The van der Waals surface area contributed by atoms with E-state index in [2.05, 4.69) is 5.32 Å². The average Bonchev–Trinajstić information content (AvgIpc) is 2.42. The Morgan fingerprint density at radius 1 is 1.42 bits per heavy atom. The molecule has 0 heterocycles. The van der Waals surface area contributed by atoms with Gasteiger partial charge in [0.2, 0.25) is 5.91 Å². The van der Waals surface area contributed by atoms with Crippen molar-refractivity contribution in [2.45, 2.75) is 18.6 Å². The molecule has 0 spiro atoms. The fraction of sp³-hybridized carbons (Fsp3) is 0.462. The molecule has 0 radical (unpaired) electrons. The number of carbonyl (C=O) groups excluding carboxylic acids is 1. The van der Waals surface area contributed by atoms with Gasteiger partial charge in [0.1, 0.15) is 0 Å². The number of aliphatic hydroxyl groups is 1. The molecule has 0 bridgehead atoms. The van der Waals surface area contributed by atoms with Crippen LogP contribution in [0.15, 0.2) is 30.3 Å². The lowest BCUT2D eigenvalue weighted by molar-refractivity contribution is -0.122. The number of rotatable bonds is 7. The lowest BCUT2D eigenvalue weighted by Gasteiger charge is -2.15. The predicted octanol–water partition coefficient (Wildman–Crippen LogP) is 1.34. The lowest BCUT2D eigenvalue weighted by atomic mass is 10.1. The van der Waals surface area contributed by atoms with E-state index in [1.165, 1.54) is 0 Å². The van der Waals surface area contributed by atoms with Gasteiger partial charge >= 0.3 is 0 Å². The molecule has 4 N–H and O–H groups in total. The highest BCUT2D eigenvalue weighted by atomic mass is 35.5. The molecule has 1 aromatic carbocycles. The van der Waals surface area contributed by atoms with Gasteiger partial charge in [-0.1, -0.05) is 30.3 Å². The molecule has 1 rings (SSSR count). The molecule has 0 aliphatic heterocycles. The van der Waals surface area contributed by atoms with Gasteiger partial charge in [0.05, 0.1) is 12.1 Å². The van der Waals surface area contributed by atoms with Crippen molar-refractivity contribution in [3.63, 3.8) is 0 Å². The maximum Gasteiger partial charge on any atom is 0.237 e. The highest BCUT2D eigenvalue weighted by Gasteiger charge is 2.14. The lowest BCUT2D eigenvalue weighted by Crippen LogP contribution is -2.42. The van der Waals surface area contributed by atoms with Crippen LogP contribution in [0.2, 0.25) is 0 Å². The van der Waals surface area contributed by atoms with Crippen molar-refractivity contribution < 1.29 is 9.90 Å². The monoisotopic (exact) mass is 304 g/mol. The maximum absolute atomic E-state index is 11.6. The van der Waals surface area contributed by atoms with E-state index < -0.39 is 12.1 Å². The molecular weight excluding hydrogens is 284 g/mol. The second kappa shape index (κ2) is 10.1. The fourth-order valence-corrected chi connectivity index (χ4v) is 1.99. The first-order valence-electron chi connectivity index (χ1n) is 5.90. The molecule has 0 aliphatic rings. The first kappa shape index (κ1) is 18.2. The Morgan fingerprint density at radius 2 is 2.05 bits per heavy atom. The van der Waals surface area contributed by atoms with E-state index in [9.17, 15) is 9.90 Å². The summed E-state index contributed by atoms with van der Waals surface area (Å²) in [5.41, 5.74) is 6.51. The minimum absolute atomic E-state index is 0. The quantitative estimate of drug-likeness (QED) is 0.710. The van der Waals surface area contributed by atoms with Crippen molar-refractivity contribution in [2.75, 3.05) is 18.6 Å². The largest absolute Gasteiger partial charge is 0.387 e. The first-order valence-corrected chi connectivity index (χ1v) is 7.29. The summed E-state index contributed by atoms with van der Waals surface area (Å²) in [7, 11) is 0. The van der Waals surface area contributed by atoms with Crippen molar-refractivity contribution in [3.05, 3.63) is 35.9 Å². The van der Waals surface area contributed by atoms with Crippen LogP contribution in [-0.4, -0.2) is 35.6 Å². The average molecular weight is 305 g/mol. The molecule has 1 aromatic rings. The summed E-state index contributed by atoms with van der Waals surface area (Å²) in [6, 6.07) is 8.73. The SMILES string of the molecule is CSCC[C@H](N)C(=O)NCC(O)c1ccccc1.Cl. The van der Waals surface area contributed by atoms with E-state index in [1.807, 2.05) is 36.6 Å². The first-order chi connectivity index (χ1) is 8.65. The van der Waals surface area contributed by atoms with Gasteiger partial charge in [0, 0.05) is 6.54 Å². The number of amides is 1. The van der Waals surface area contributed by atoms with Crippen LogP contribution < -0.4 is 11.1 Å². The molecule has 1 unspecified atom stereocenters. The number of halogens is 1. The zero-order valence-corrected chi connectivity index (χ0v) is 12.5. The van der Waals surface area contributed by atoms with Gasteiger partial charge in [-0.15, -0.1) is 12.4 Å². The van der Waals surface area contributed by atoms with Crippen LogP contribution >= 0.6 is 24.2 Å². The summed E-state index contributed by atoms with van der Waals surface area (Å²) in [5, 5.41) is 12.5. The summed E-state index contributed by atoms with van der Waals surface area (Å²) in [6.07, 6.45) is 1.93. The number of nitrogens with one attached hydrogen (secondary N) is 1. The van der Waals surface area contributed by atoms with Gasteiger partial charge in [-0.3, -0.25) is 4.79 Å². The predicted molar refractivity (Wildman–Crippen MR) is 82.6 cm³/mol. The van der Waals surface area contributed by atoms with Gasteiger partial charge in [0.15, 0.2) is 0 Å². The zero-order chi connectivity index (χ0) is 13.4. The third-order valence-electron chi connectivity index (χ3n) is 2.62. The number of hydrogen-bond acceptors (Lipinski definition) is 4. The number of carbonyl (C=O) groups is 1. The molecule has 6 heteroatoms. The van der Waals surface area contributed by atoms with Crippen molar-refractivity contribution in [3.8, 4) is 0 Å². The maximum atomic E-state index is 11.6. The van der Waals surface area contributed by atoms with E-state index in [4.69, 9.17) is 5.73 Å². The molecule has 0 fully saturated rings. The van der Waals surface area contributed by atoms with E-state index in [-0.39, 0.29) is 24.9 Å². The Kier molecular flexibility index (Phi) is 9.69. The number of aliphatic hydroxyl groups excluding tert-OH is 1. The van der Waals surface area contributed by atoms with Crippen LogP contribution in [0.5, 0.6) is 0 Å². The van der Waals surface area contributed by atoms with Gasteiger partial charge < -0.3 is 16.2 Å². The van der Waals surface area contributed by atoms with Crippen LogP contribution in [0, 0.1) is 0 Å². The van der Waals surface area contributed by atoms with E-state index in [0.717, 1.165) is 11.3 Å². The van der Waals surface area contributed by atoms with Crippen LogP contribution in [0.4, 0.5) is 0 Å². The zero-order valence-electron chi connectivity index (χ0n) is 10.9. The Balaban J connectivity index is 0.00000324. The van der Waals surface area contributed by atoms with E-state index >= 15 is 0 Å². The molecule has 19 heavy (non-hydrogen) atoms. The summed E-state index contributed by atoms with van der Waals surface area (Å²) in [6.45, 7) is 0.190. The third kappa shape index (κ3) is 6.82. The molecule has 1 amide bonds. The topological polar surface area (TPSA) is 75.4 Å². The van der Waals surface area contributed by atoms with Crippen molar-refractivity contribution in [2.24, 2.45) is 5.73 Å². The molecule has 0 saturated carbocycles. The molecular formula is C13H21ClN2O2S. The van der Waals surface area contributed by atoms with Gasteiger partial charge in [-0.25, -0.2) is 0 Å². The molecule has 0 aromatic heterocycles. The normalized spacial score (nSPS) is 13.2. The Labute approximate surface area is 124 Å². The van der Waals surface area contributed by atoms with Crippen LogP contribution in [-0.2, 0) is 4.79 Å². The Hall–Kier alpha value is -0.750. The minimum Gasteiger partial charge on any atom is -0.387 e. The van der Waals surface area contributed by atoms with Gasteiger partial charge in [0.25, 0.3) is 0 Å². The summed E-state index contributed by atoms with van der Waals surface area (Å²) in [4.78, 5) is 11.6. The third-order valence-corrected chi connectivity index (χ3v) is 3.27. The van der Waals surface area contributed by atoms with Gasteiger partial charge in [-0.05, 0) is 24.0 Å². The summed E-state index contributed by atoms with van der Waals surface area (Å²) < 4.78 is 0. The molecule has 0 saturated heterocycles. The van der Waals surface area contributed by atoms with Gasteiger partial charge in [-0.2, -0.15) is 11.8 Å². The number of benzene rings is 1. The second-order valence-corrected chi connectivity index (χ2v) is 5.05. The number of nitrogens with two attached hydrogens (primary N) is 1. The smallest absolute Gasteiger partial charge is 0.237 e. The standard InChI is InChI=1S/C13H20N2O2S.ClH/c1-18-8-7-11(14)13(17)15-9-12(16)10-5-3-2-4-6-10;/h2-6,11-12,16H,7-9,14H2,1H3,(H,15,17);1H/t11-,12?;/m0./s1. The van der Waals surface area contributed by atoms with Crippen molar-refractivity contribution >= 4 is 30.1 Å². The second-order valence-electron chi connectivity index (χ2n) is 4.06. The molecule has 4 nitrogen and oxygen atoms in total. The van der Waals surface area contributed by atoms with Crippen molar-refractivity contribution in [1.82, 2.24) is 5.32 Å². The van der Waals surface area contributed by atoms with Crippen LogP contribution in [0.25, 0.3) is 0 Å². The van der Waals surface area contributed by atoms with Crippen molar-refractivity contribution in [1.29, 1.82) is 0 Å². The number of hydrogen-bond donors (Lipinski definition) is 3. The van der Waals surface area contributed by atoms with E-state index in [1.54, 1.807) is 11.8 Å². The van der Waals surface area contributed by atoms with E-state index in [0.29, 0.717) is 6.42 Å². The minimum atomic E-state index is -0.692. The molecule has 2 atom stereocenters. The van der Waals surface area contributed by atoms with Crippen LogP contribution in [0.1, 0.15) is 18.1 Å². The molecule has 108 valence electrons. The highest BCUT2D eigenvalue weighted by Crippen LogP contribution is 2.10. The summed E-state index contributed by atoms with van der Waals surface area (Å²) >= 11 is 1.66. The number of thioether (sulfide) groups is 1. The highest BCUT2D eigenvalue weighted by molar-refractivity contribution is 7.98.